The van der Waals surface area contributed by atoms with Crippen molar-refractivity contribution in [2.24, 2.45) is 0 Å². The summed E-state index contributed by atoms with van der Waals surface area (Å²) in [6, 6.07) is 19.1. The third-order valence-corrected chi connectivity index (χ3v) is 4.28. The normalized spacial score (nSPS) is 11.2. The smallest absolute Gasteiger partial charge is 0.266 e. The maximum atomic E-state index is 12.5. The van der Waals surface area contributed by atoms with E-state index in [9.17, 15) is 10.1 Å². The van der Waals surface area contributed by atoms with Crippen LogP contribution in [-0.4, -0.2) is 10.5 Å². The van der Waals surface area contributed by atoms with Gasteiger partial charge in [-0.2, -0.15) is 5.26 Å². The number of carbonyl (C=O) groups is 1. The van der Waals surface area contributed by atoms with Crippen LogP contribution >= 0.6 is 0 Å². The number of nitrogens with one attached hydrogen (secondary N) is 1. The summed E-state index contributed by atoms with van der Waals surface area (Å²) >= 11 is 0. The van der Waals surface area contributed by atoms with Crippen molar-refractivity contribution in [3.05, 3.63) is 84.1 Å². The highest BCUT2D eigenvalue weighted by atomic mass is 16.1. The van der Waals surface area contributed by atoms with Crippen LogP contribution in [0.15, 0.2) is 72.8 Å². The zero-order valence-electron chi connectivity index (χ0n) is 14.6. The highest BCUT2D eigenvalue weighted by Crippen LogP contribution is 2.28. The Hall–Kier alpha value is -3.58. The Balaban J connectivity index is 2.05. The third-order valence-electron chi connectivity index (χ3n) is 4.28. The van der Waals surface area contributed by atoms with E-state index in [1.807, 2.05) is 61.5 Å². The van der Waals surface area contributed by atoms with Crippen LogP contribution in [0.25, 0.3) is 17.0 Å². The molecule has 0 fully saturated rings. The molecule has 3 rings (SSSR count). The number of anilines is 1. The second-order valence-corrected chi connectivity index (χ2v) is 5.91. The molecule has 128 valence electrons. The van der Waals surface area contributed by atoms with Gasteiger partial charge in [0.1, 0.15) is 11.6 Å². The van der Waals surface area contributed by atoms with E-state index >= 15 is 0 Å². The van der Waals surface area contributed by atoms with Gasteiger partial charge < -0.3 is 9.88 Å². The van der Waals surface area contributed by atoms with Crippen LogP contribution in [0.5, 0.6) is 0 Å². The summed E-state index contributed by atoms with van der Waals surface area (Å²) in [6.45, 7) is 6.46. The molecule has 4 nitrogen and oxygen atoms in total. The Labute approximate surface area is 152 Å². The van der Waals surface area contributed by atoms with Crippen molar-refractivity contribution in [1.29, 1.82) is 5.26 Å². The van der Waals surface area contributed by atoms with E-state index in [1.165, 1.54) is 0 Å². The molecule has 26 heavy (non-hydrogen) atoms. The van der Waals surface area contributed by atoms with E-state index in [4.69, 9.17) is 0 Å². The molecular formula is C22H19N3O. The third kappa shape index (κ3) is 3.28. The average Bonchev–Trinajstić information content (AvgIpc) is 2.92. The van der Waals surface area contributed by atoms with Gasteiger partial charge in [-0.1, -0.05) is 42.5 Å². The number of amides is 1. The number of hydrogen-bond donors (Lipinski definition) is 1. The SMILES string of the molecule is C=CCn1c(C)c(/C=C(\C#N)C(=O)Nc2ccccc2)c2ccccc21. The Morgan fingerprint density at radius 1 is 1.19 bits per heavy atom. The first-order valence-electron chi connectivity index (χ1n) is 8.32. The first-order chi connectivity index (χ1) is 12.7. The van der Waals surface area contributed by atoms with Crippen molar-refractivity contribution in [2.45, 2.75) is 13.5 Å². The molecular weight excluding hydrogens is 322 g/mol. The summed E-state index contributed by atoms with van der Waals surface area (Å²) in [6.07, 6.45) is 3.50. The van der Waals surface area contributed by atoms with Crippen LogP contribution in [0.3, 0.4) is 0 Å². The summed E-state index contributed by atoms with van der Waals surface area (Å²) in [5.41, 5.74) is 3.65. The minimum absolute atomic E-state index is 0.0680. The van der Waals surface area contributed by atoms with E-state index < -0.39 is 5.91 Å². The molecule has 0 bridgehead atoms. The van der Waals surface area contributed by atoms with Crippen LogP contribution in [0.1, 0.15) is 11.3 Å². The number of nitriles is 1. The summed E-state index contributed by atoms with van der Waals surface area (Å²) in [5.74, 6) is -0.418. The zero-order chi connectivity index (χ0) is 18.5. The van der Waals surface area contributed by atoms with Gasteiger partial charge in [0.2, 0.25) is 0 Å². The van der Waals surface area contributed by atoms with Crippen molar-refractivity contribution in [3.8, 4) is 6.07 Å². The maximum absolute atomic E-state index is 12.5. The molecule has 1 aromatic heterocycles. The molecule has 0 unspecified atom stereocenters. The standard InChI is InChI=1S/C22H19N3O/c1-3-13-25-16(2)20(19-11-7-8-12-21(19)25)14-17(15-23)22(26)24-18-9-5-4-6-10-18/h3-12,14H,1,13H2,2H3,(H,24,26)/b17-14+. The summed E-state index contributed by atoms with van der Waals surface area (Å²) < 4.78 is 2.12. The summed E-state index contributed by atoms with van der Waals surface area (Å²) in [5, 5.41) is 13.3. The van der Waals surface area contributed by atoms with Crippen molar-refractivity contribution >= 4 is 28.6 Å². The second-order valence-electron chi connectivity index (χ2n) is 5.91. The predicted octanol–water partition coefficient (Wildman–Crippen LogP) is 4.68. The fraction of sp³-hybridized carbons (Fsp3) is 0.0909. The van der Waals surface area contributed by atoms with E-state index in [1.54, 1.807) is 18.2 Å². The van der Waals surface area contributed by atoms with E-state index in [2.05, 4.69) is 16.5 Å². The quantitative estimate of drug-likeness (QED) is 0.416. The first-order valence-corrected chi connectivity index (χ1v) is 8.32. The minimum atomic E-state index is -0.418. The van der Waals surface area contributed by atoms with Gasteiger partial charge in [-0.05, 0) is 31.2 Å². The molecule has 0 aliphatic rings. The van der Waals surface area contributed by atoms with Gasteiger partial charge in [0.05, 0.1) is 0 Å². The molecule has 4 heteroatoms. The van der Waals surface area contributed by atoms with Gasteiger partial charge in [0.25, 0.3) is 5.91 Å². The lowest BCUT2D eigenvalue weighted by Crippen LogP contribution is -2.13. The van der Waals surface area contributed by atoms with Gasteiger partial charge in [-0.3, -0.25) is 4.79 Å². The monoisotopic (exact) mass is 341 g/mol. The first kappa shape index (κ1) is 17.2. The molecule has 1 N–H and O–H groups in total. The highest BCUT2D eigenvalue weighted by molar-refractivity contribution is 6.11. The molecule has 0 aliphatic carbocycles. The Morgan fingerprint density at radius 3 is 2.58 bits per heavy atom. The largest absolute Gasteiger partial charge is 0.340 e. The van der Waals surface area contributed by atoms with Crippen LogP contribution in [0.4, 0.5) is 5.69 Å². The Morgan fingerprint density at radius 2 is 1.88 bits per heavy atom. The number of hydrogen-bond acceptors (Lipinski definition) is 2. The number of fused-ring (bicyclic) bond motifs is 1. The number of para-hydroxylation sites is 2. The maximum Gasteiger partial charge on any atom is 0.266 e. The zero-order valence-corrected chi connectivity index (χ0v) is 14.6. The fourth-order valence-electron chi connectivity index (χ4n) is 3.02. The van der Waals surface area contributed by atoms with Gasteiger partial charge in [-0.25, -0.2) is 0 Å². The van der Waals surface area contributed by atoms with Crippen LogP contribution < -0.4 is 5.32 Å². The minimum Gasteiger partial charge on any atom is -0.340 e. The average molecular weight is 341 g/mol. The van der Waals surface area contributed by atoms with Crippen LogP contribution in [0, 0.1) is 18.3 Å². The van der Waals surface area contributed by atoms with E-state index in [0.29, 0.717) is 12.2 Å². The number of aromatic nitrogens is 1. The van der Waals surface area contributed by atoms with Gasteiger partial charge >= 0.3 is 0 Å². The predicted molar refractivity (Wildman–Crippen MR) is 106 cm³/mol. The molecule has 1 heterocycles. The topological polar surface area (TPSA) is 57.8 Å². The van der Waals surface area contributed by atoms with Gasteiger partial charge in [0, 0.05) is 34.4 Å². The fourth-order valence-corrected chi connectivity index (χ4v) is 3.02. The highest BCUT2D eigenvalue weighted by Gasteiger charge is 2.15. The van der Waals surface area contributed by atoms with Gasteiger partial charge in [0.15, 0.2) is 0 Å². The van der Waals surface area contributed by atoms with Crippen molar-refractivity contribution in [2.75, 3.05) is 5.32 Å². The van der Waals surface area contributed by atoms with Crippen molar-refractivity contribution in [1.82, 2.24) is 4.57 Å². The molecule has 0 saturated heterocycles. The Kier molecular flexibility index (Phi) is 5.00. The Bertz CT molecular complexity index is 1040. The number of nitrogens with zero attached hydrogens (tertiary/aromatic N) is 2. The molecule has 0 saturated carbocycles. The number of benzene rings is 2. The summed E-state index contributed by atoms with van der Waals surface area (Å²) in [4.78, 5) is 12.5. The van der Waals surface area contributed by atoms with Crippen LogP contribution in [-0.2, 0) is 11.3 Å². The van der Waals surface area contributed by atoms with E-state index in [0.717, 1.165) is 22.2 Å². The molecule has 1 amide bonds. The molecule has 3 aromatic rings. The lowest BCUT2D eigenvalue weighted by atomic mass is 10.1. The number of carbonyl (C=O) groups excluding carboxylic acids is 1. The molecule has 0 radical (unpaired) electrons. The van der Waals surface area contributed by atoms with Crippen molar-refractivity contribution < 1.29 is 4.79 Å². The second kappa shape index (κ2) is 7.54. The molecule has 0 aliphatic heterocycles. The van der Waals surface area contributed by atoms with Crippen molar-refractivity contribution in [3.63, 3.8) is 0 Å². The molecule has 0 spiro atoms. The number of rotatable bonds is 5. The van der Waals surface area contributed by atoms with Gasteiger partial charge in [-0.15, -0.1) is 6.58 Å². The lowest BCUT2D eigenvalue weighted by molar-refractivity contribution is -0.112. The van der Waals surface area contributed by atoms with E-state index in [-0.39, 0.29) is 5.57 Å². The summed E-state index contributed by atoms with van der Waals surface area (Å²) in [7, 11) is 0. The molecule has 2 aromatic carbocycles. The number of allylic oxidation sites excluding steroid dienone is 1. The van der Waals surface area contributed by atoms with Crippen LogP contribution in [0.2, 0.25) is 0 Å². The lowest BCUT2D eigenvalue weighted by Gasteiger charge is -2.05. The molecule has 0 atom stereocenters.